The first kappa shape index (κ1) is 12.2. The minimum absolute atomic E-state index is 0. The molecule has 0 aromatic rings. The third kappa shape index (κ3) is 11.8. The summed E-state index contributed by atoms with van der Waals surface area (Å²) >= 11 is 0. The van der Waals surface area contributed by atoms with Crippen LogP contribution < -0.4 is 0 Å². The van der Waals surface area contributed by atoms with E-state index in [1.54, 1.807) is 0 Å². The van der Waals surface area contributed by atoms with Crippen LogP contribution in [0, 0.1) is 0 Å². The number of rotatable bonds is 2. The van der Waals surface area contributed by atoms with Crippen LogP contribution >= 0.6 is 0 Å². The molecule has 0 aliphatic rings. The Labute approximate surface area is 75.6 Å². The van der Waals surface area contributed by atoms with Crippen LogP contribution in [0.15, 0.2) is 12.3 Å². The van der Waals surface area contributed by atoms with Crippen LogP contribution in [0.2, 0.25) is 0 Å². The molecule has 0 unspecified atom stereocenters. The fourth-order valence-corrected chi connectivity index (χ4v) is 0.494. The molecule has 0 heterocycles. The van der Waals surface area contributed by atoms with E-state index in [1.165, 1.54) is 0 Å². The third-order valence-electron chi connectivity index (χ3n) is 0.412. The van der Waals surface area contributed by atoms with E-state index < -0.39 is 15.9 Å². The molecule has 0 bridgehead atoms. The van der Waals surface area contributed by atoms with Crippen molar-refractivity contribution in [2.45, 2.75) is 0 Å². The molecule has 2 N–H and O–H groups in total. The summed E-state index contributed by atoms with van der Waals surface area (Å²) in [7, 11) is -3.93. The van der Waals surface area contributed by atoms with Gasteiger partial charge in [-0.15, -0.1) is 0 Å². The molecule has 0 saturated heterocycles. The molecule has 0 aromatic heterocycles. The van der Waals surface area contributed by atoms with Crippen LogP contribution in [0.1, 0.15) is 0 Å². The first-order chi connectivity index (χ1) is 3.56. The van der Waals surface area contributed by atoms with Crippen molar-refractivity contribution in [1.29, 1.82) is 0 Å². The Balaban J connectivity index is 0. The Kier molecular flexibility index (Phi) is 7.09. The standard InChI is InChI=1S/C3H6O4S.Na.H/c4-2-1-3-8(5,6)7;;/h1-2,4H,3H2,(H,5,6,7);;. The molecule has 0 aromatic carbocycles. The van der Waals surface area contributed by atoms with Gasteiger partial charge < -0.3 is 5.11 Å². The molecular weight excluding hydrogens is 155 g/mol. The molecule has 6 heteroatoms. The molecule has 4 nitrogen and oxygen atoms in total. The summed E-state index contributed by atoms with van der Waals surface area (Å²) < 4.78 is 27.5. The van der Waals surface area contributed by atoms with Gasteiger partial charge in [0.1, 0.15) is 0 Å². The van der Waals surface area contributed by atoms with E-state index in [2.05, 4.69) is 0 Å². The van der Waals surface area contributed by atoms with Gasteiger partial charge in [0.25, 0.3) is 10.1 Å². The van der Waals surface area contributed by atoms with Gasteiger partial charge in [-0.1, -0.05) is 0 Å². The Bertz CT molecular complexity index is 170. The number of aliphatic hydroxyl groups excluding tert-OH is 1. The van der Waals surface area contributed by atoms with Crippen molar-refractivity contribution in [3.05, 3.63) is 12.3 Å². The summed E-state index contributed by atoms with van der Waals surface area (Å²) in [5.74, 6) is -0.538. The second kappa shape index (κ2) is 5.25. The summed E-state index contributed by atoms with van der Waals surface area (Å²) in [5.41, 5.74) is 0. The van der Waals surface area contributed by atoms with Crippen molar-refractivity contribution in [1.82, 2.24) is 0 Å². The van der Waals surface area contributed by atoms with E-state index in [0.29, 0.717) is 6.26 Å². The van der Waals surface area contributed by atoms with Crippen LogP contribution in [-0.2, 0) is 10.1 Å². The van der Waals surface area contributed by atoms with Crippen LogP contribution in [0.25, 0.3) is 0 Å². The Hall–Kier alpha value is 0.450. The fraction of sp³-hybridized carbons (Fsp3) is 0.333. The van der Waals surface area contributed by atoms with Gasteiger partial charge in [-0.2, -0.15) is 8.42 Å². The Morgan fingerprint density at radius 1 is 1.44 bits per heavy atom. The summed E-state index contributed by atoms with van der Waals surface area (Å²) in [4.78, 5) is 0. The van der Waals surface area contributed by atoms with Crippen molar-refractivity contribution < 1.29 is 18.1 Å². The minimum atomic E-state index is -3.93. The molecule has 50 valence electrons. The zero-order valence-corrected chi connectivity index (χ0v) is 4.80. The van der Waals surface area contributed by atoms with Crippen LogP contribution in [-0.4, -0.2) is 53.4 Å². The molecule has 9 heavy (non-hydrogen) atoms. The van der Waals surface area contributed by atoms with Gasteiger partial charge in [-0.3, -0.25) is 4.55 Å². The Morgan fingerprint density at radius 2 is 1.89 bits per heavy atom. The van der Waals surface area contributed by atoms with E-state index >= 15 is 0 Å². The molecule has 0 amide bonds. The van der Waals surface area contributed by atoms with Gasteiger partial charge in [-0.25, -0.2) is 0 Å². The van der Waals surface area contributed by atoms with Gasteiger partial charge in [0.2, 0.25) is 0 Å². The van der Waals surface area contributed by atoms with Gasteiger partial charge in [0.15, 0.2) is 0 Å². The molecule has 0 radical (unpaired) electrons. The van der Waals surface area contributed by atoms with Crippen molar-refractivity contribution in [3.63, 3.8) is 0 Å². The van der Waals surface area contributed by atoms with Crippen molar-refractivity contribution in [2.75, 3.05) is 5.75 Å². The molecule has 0 aliphatic carbocycles. The zero-order chi connectivity index (χ0) is 6.62. The predicted octanol–water partition coefficient (Wildman–Crippen LogP) is -0.703. The van der Waals surface area contributed by atoms with Gasteiger partial charge in [0, 0.05) is 0 Å². The first-order valence-electron chi connectivity index (χ1n) is 1.80. The summed E-state index contributed by atoms with van der Waals surface area (Å²) in [6.45, 7) is 0. The topological polar surface area (TPSA) is 74.6 Å². The molecule has 0 rings (SSSR count). The SMILES string of the molecule is O=S(=O)(O)CC=CO.[NaH]. The third-order valence-corrected chi connectivity index (χ3v) is 1.03. The zero-order valence-electron chi connectivity index (χ0n) is 3.98. The molecule has 0 saturated carbocycles. The maximum absolute atomic E-state index is 9.78. The van der Waals surface area contributed by atoms with Gasteiger partial charge >= 0.3 is 29.6 Å². The number of hydrogen-bond acceptors (Lipinski definition) is 3. The summed E-state index contributed by atoms with van der Waals surface area (Å²) in [6.07, 6.45) is 1.49. The van der Waals surface area contributed by atoms with E-state index in [9.17, 15) is 8.42 Å². The average Bonchev–Trinajstić information content (AvgIpc) is 1.59. The molecule has 0 aliphatic heterocycles. The Morgan fingerprint density at radius 3 is 2.00 bits per heavy atom. The average molecular weight is 162 g/mol. The van der Waals surface area contributed by atoms with Gasteiger partial charge in [-0.05, 0) is 6.08 Å². The predicted molar refractivity (Wildman–Crippen MR) is 35.3 cm³/mol. The van der Waals surface area contributed by atoms with E-state index in [-0.39, 0.29) is 29.6 Å². The van der Waals surface area contributed by atoms with Crippen molar-refractivity contribution in [3.8, 4) is 0 Å². The summed E-state index contributed by atoms with van der Waals surface area (Å²) in [6, 6.07) is 0. The maximum atomic E-state index is 9.78. The molecule has 0 spiro atoms. The monoisotopic (exact) mass is 162 g/mol. The fourth-order valence-electron chi connectivity index (χ4n) is 0.165. The van der Waals surface area contributed by atoms with E-state index in [1.807, 2.05) is 0 Å². The van der Waals surface area contributed by atoms with Crippen LogP contribution in [0.4, 0.5) is 0 Å². The second-order valence-corrected chi connectivity index (χ2v) is 2.63. The normalized spacial score (nSPS) is 11.2. The first-order valence-corrected chi connectivity index (χ1v) is 3.41. The van der Waals surface area contributed by atoms with Gasteiger partial charge in [0.05, 0.1) is 12.0 Å². The number of hydrogen-bond donors (Lipinski definition) is 2. The number of aliphatic hydroxyl groups is 1. The van der Waals surface area contributed by atoms with Crippen molar-refractivity contribution >= 4 is 39.7 Å². The van der Waals surface area contributed by atoms with Crippen LogP contribution in [0.5, 0.6) is 0 Å². The summed E-state index contributed by atoms with van der Waals surface area (Å²) in [5, 5.41) is 7.87. The van der Waals surface area contributed by atoms with E-state index in [4.69, 9.17) is 9.66 Å². The molecular formula is C3H7NaO4S. The second-order valence-electron chi connectivity index (χ2n) is 1.13. The molecule has 0 atom stereocenters. The van der Waals surface area contributed by atoms with Crippen molar-refractivity contribution in [2.24, 2.45) is 0 Å². The van der Waals surface area contributed by atoms with E-state index in [0.717, 1.165) is 6.08 Å². The van der Waals surface area contributed by atoms with Crippen LogP contribution in [0.3, 0.4) is 0 Å². The quantitative estimate of drug-likeness (QED) is 0.320. The molecule has 0 fully saturated rings.